The molecule has 1 rings (SSSR count). The van der Waals surface area contributed by atoms with E-state index in [1.807, 2.05) is 0 Å². The Kier molecular flexibility index (Phi) is 4.54. The van der Waals surface area contributed by atoms with Gasteiger partial charge in [-0.1, -0.05) is 19.1 Å². The number of nitrogens with two attached hydrogens (primary N) is 1. The molecule has 0 aliphatic heterocycles. The lowest BCUT2D eigenvalue weighted by Gasteiger charge is -2.14. The minimum Gasteiger partial charge on any atom is -0.392 e. The zero-order valence-electron chi connectivity index (χ0n) is 9.62. The molecule has 1 aromatic heterocycles. The maximum atomic E-state index is 11.8. The first kappa shape index (κ1) is 14.0. The number of sulfonamides is 1. The van der Waals surface area contributed by atoms with Gasteiger partial charge in [-0.15, -0.1) is 0 Å². The molecule has 1 heterocycles. The second kappa shape index (κ2) is 5.52. The molecule has 96 valence electrons. The molecule has 0 amide bonds. The van der Waals surface area contributed by atoms with E-state index in [0.717, 1.165) is 0 Å². The van der Waals surface area contributed by atoms with Crippen LogP contribution in [-0.4, -0.2) is 33.4 Å². The number of aromatic nitrogens is 3. The number of nitrogens with zero attached hydrogens (tertiary/aromatic N) is 3. The SMILES string of the molecule is CCC(C(N)=S)S(=O)(=O)NCc1ncn(C)n1. The second-order valence-electron chi connectivity index (χ2n) is 3.50. The Morgan fingerprint density at radius 3 is 2.76 bits per heavy atom. The van der Waals surface area contributed by atoms with Crippen molar-refractivity contribution < 1.29 is 8.42 Å². The summed E-state index contributed by atoms with van der Waals surface area (Å²) < 4.78 is 27.6. The van der Waals surface area contributed by atoms with Crippen molar-refractivity contribution in [2.45, 2.75) is 25.1 Å². The lowest BCUT2D eigenvalue weighted by Crippen LogP contribution is -2.41. The van der Waals surface area contributed by atoms with Crippen molar-refractivity contribution in [1.82, 2.24) is 19.5 Å². The third-order valence-electron chi connectivity index (χ3n) is 2.14. The molecule has 0 fully saturated rings. The number of hydrogen-bond acceptors (Lipinski definition) is 5. The van der Waals surface area contributed by atoms with Crippen LogP contribution in [0, 0.1) is 0 Å². The normalized spacial score (nSPS) is 13.5. The Morgan fingerprint density at radius 1 is 1.71 bits per heavy atom. The van der Waals surface area contributed by atoms with Gasteiger partial charge in [-0.3, -0.25) is 4.68 Å². The first-order valence-corrected chi connectivity index (χ1v) is 6.94. The highest BCUT2D eigenvalue weighted by atomic mass is 32.2. The van der Waals surface area contributed by atoms with E-state index in [2.05, 4.69) is 14.8 Å². The summed E-state index contributed by atoms with van der Waals surface area (Å²) in [6, 6.07) is 0. The molecule has 0 spiro atoms. The van der Waals surface area contributed by atoms with Gasteiger partial charge in [-0.25, -0.2) is 18.1 Å². The van der Waals surface area contributed by atoms with Crippen LogP contribution in [0.4, 0.5) is 0 Å². The second-order valence-corrected chi connectivity index (χ2v) is 5.92. The molecular weight excluding hydrogens is 262 g/mol. The van der Waals surface area contributed by atoms with Crippen molar-refractivity contribution in [3.8, 4) is 0 Å². The molecule has 1 unspecified atom stereocenters. The molecular formula is C8H15N5O2S2. The Balaban J connectivity index is 2.70. The van der Waals surface area contributed by atoms with E-state index < -0.39 is 15.3 Å². The third-order valence-corrected chi connectivity index (χ3v) is 4.46. The highest BCUT2D eigenvalue weighted by molar-refractivity contribution is 7.93. The van der Waals surface area contributed by atoms with Crippen LogP contribution in [0.5, 0.6) is 0 Å². The fourth-order valence-corrected chi connectivity index (χ4v) is 3.13. The van der Waals surface area contributed by atoms with Crippen LogP contribution in [0.1, 0.15) is 19.2 Å². The van der Waals surface area contributed by atoms with Gasteiger partial charge in [0, 0.05) is 7.05 Å². The summed E-state index contributed by atoms with van der Waals surface area (Å²) in [6.45, 7) is 1.74. The van der Waals surface area contributed by atoms with Crippen LogP contribution in [-0.2, 0) is 23.6 Å². The Hall–Kier alpha value is -1.06. The zero-order valence-corrected chi connectivity index (χ0v) is 11.3. The maximum absolute atomic E-state index is 11.8. The summed E-state index contributed by atoms with van der Waals surface area (Å²) >= 11 is 4.72. The number of rotatable bonds is 6. The lowest BCUT2D eigenvalue weighted by molar-refractivity contribution is 0.571. The van der Waals surface area contributed by atoms with Crippen molar-refractivity contribution in [2.75, 3.05) is 0 Å². The van der Waals surface area contributed by atoms with Crippen LogP contribution >= 0.6 is 12.2 Å². The van der Waals surface area contributed by atoms with E-state index in [-0.39, 0.29) is 11.5 Å². The van der Waals surface area contributed by atoms with Crippen LogP contribution in [0.3, 0.4) is 0 Å². The fourth-order valence-electron chi connectivity index (χ4n) is 1.30. The zero-order chi connectivity index (χ0) is 13.1. The predicted octanol–water partition coefficient (Wildman–Crippen LogP) is -0.701. The van der Waals surface area contributed by atoms with Crippen molar-refractivity contribution >= 4 is 27.2 Å². The molecule has 1 atom stereocenters. The van der Waals surface area contributed by atoms with Gasteiger partial charge in [0.25, 0.3) is 0 Å². The summed E-state index contributed by atoms with van der Waals surface area (Å²) in [7, 11) is -1.86. The van der Waals surface area contributed by atoms with Crippen LogP contribution < -0.4 is 10.5 Å². The summed E-state index contributed by atoms with van der Waals surface area (Å²) in [5.41, 5.74) is 5.38. The van der Waals surface area contributed by atoms with E-state index in [1.165, 1.54) is 11.0 Å². The van der Waals surface area contributed by atoms with Gasteiger partial charge in [0.1, 0.15) is 11.6 Å². The van der Waals surface area contributed by atoms with Crippen molar-refractivity contribution in [3.05, 3.63) is 12.2 Å². The van der Waals surface area contributed by atoms with Crippen molar-refractivity contribution in [1.29, 1.82) is 0 Å². The molecule has 0 aliphatic carbocycles. The topological polar surface area (TPSA) is 103 Å². The van der Waals surface area contributed by atoms with E-state index in [1.54, 1.807) is 14.0 Å². The minimum absolute atomic E-state index is 0.0300. The smallest absolute Gasteiger partial charge is 0.221 e. The predicted molar refractivity (Wildman–Crippen MR) is 67.6 cm³/mol. The van der Waals surface area contributed by atoms with Gasteiger partial charge in [-0.05, 0) is 6.42 Å². The minimum atomic E-state index is -3.57. The van der Waals surface area contributed by atoms with E-state index in [4.69, 9.17) is 18.0 Å². The molecule has 1 aromatic rings. The number of aryl methyl sites for hydroxylation is 1. The van der Waals surface area contributed by atoms with Crippen LogP contribution in [0.25, 0.3) is 0 Å². The maximum Gasteiger partial charge on any atom is 0.221 e. The van der Waals surface area contributed by atoms with Crippen molar-refractivity contribution in [3.63, 3.8) is 0 Å². The summed E-state index contributed by atoms with van der Waals surface area (Å²) in [4.78, 5) is 3.88. The van der Waals surface area contributed by atoms with E-state index >= 15 is 0 Å². The molecule has 0 aromatic carbocycles. The largest absolute Gasteiger partial charge is 0.392 e. The fraction of sp³-hybridized carbons (Fsp3) is 0.625. The third kappa shape index (κ3) is 3.72. The van der Waals surface area contributed by atoms with E-state index in [0.29, 0.717) is 12.2 Å². The molecule has 3 N–H and O–H groups in total. The average molecular weight is 277 g/mol. The van der Waals surface area contributed by atoms with Gasteiger partial charge < -0.3 is 5.73 Å². The number of hydrogen-bond donors (Lipinski definition) is 2. The lowest BCUT2D eigenvalue weighted by atomic mass is 10.3. The number of nitrogens with one attached hydrogen (secondary N) is 1. The van der Waals surface area contributed by atoms with Gasteiger partial charge >= 0.3 is 0 Å². The molecule has 17 heavy (non-hydrogen) atoms. The highest BCUT2D eigenvalue weighted by Gasteiger charge is 2.26. The van der Waals surface area contributed by atoms with Crippen LogP contribution in [0.15, 0.2) is 6.33 Å². The standard InChI is InChI=1S/C8H15N5O2S2/c1-3-6(8(9)16)17(14,15)11-4-7-10-5-13(2)12-7/h5-6,11H,3-4H2,1-2H3,(H2,9,16). The monoisotopic (exact) mass is 277 g/mol. The summed E-state index contributed by atoms with van der Waals surface area (Å²) in [6.07, 6.45) is 1.83. The Morgan fingerprint density at radius 2 is 2.35 bits per heavy atom. The molecule has 0 radical (unpaired) electrons. The summed E-state index contributed by atoms with van der Waals surface area (Å²) in [5, 5.41) is 3.10. The first-order chi connectivity index (χ1) is 7.86. The molecule has 0 bridgehead atoms. The van der Waals surface area contributed by atoms with Gasteiger partial charge in [0.05, 0.1) is 11.5 Å². The quantitative estimate of drug-likeness (QED) is 0.666. The van der Waals surface area contributed by atoms with E-state index in [9.17, 15) is 8.42 Å². The first-order valence-electron chi connectivity index (χ1n) is 4.99. The number of thiocarbonyl (C=S) groups is 1. The van der Waals surface area contributed by atoms with Gasteiger partial charge in [0.15, 0.2) is 5.82 Å². The van der Waals surface area contributed by atoms with Gasteiger partial charge in [0.2, 0.25) is 10.0 Å². The van der Waals surface area contributed by atoms with Crippen molar-refractivity contribution in [2.24, 2.45) is 12.8 Å². The summed E-state index contributed by atoms with van der Waals surface area (Å²) in [5.74, 6) is 0.397. The molecule has 0 saturated carbocycles. The molecule has 9 heteroatoms. The van der Waals surface area contributed by atoms with Crippen LogP contribution in [0.2, 0.25) is 0 Å². The average Bonchev–Trinajstić information content (AvgIpc) is 2.61. The Bertz CT molecular complexity index is 496. The Labute approximate surface area is 105 Å². The molecule has 0 aliphatic rings. The highest BCUT2D eigenvalue weighted by Crippen LogP contribution is 2.05. The molecule has 7 nitrogen and oxygen atoms in total. The molecule has 0 saturated heterocycles. The van der Waals surface area contributed by atoms with Gasteiger partial charge in [-0.2, -0.15) is 5.10 Å².